The molecule has 1 heterocycles. The van der Waals surface area contributed by atoms with E-state index in [9.17, 15) is 0 Å². The first-order valence-corrected chi connectivity index (χ1v) is 5.60. The van der Waals surface area contributed by atoms with Crippen molar-refractivity contribution in [2.75, 3.05) is 20.8 Å². The standard InChI is InChI=1S/C13H15NO4/c1-4-17-11-8-14-13(18-11)12-9(15-2)6-5-7-10(12)16-3/h5-8H,4H2,1-3H3. The Morgan fingerprint density at radius 3 is 2.39 bits per heavy atom. The van der Waals surface area contributed by atoms with Crippen LogP contribution in [0.5, 0.6) is 17.4 Å². The highest BCUT2D eigenvalue weighted by Gasteiger charge is 2.17. The molecule has 5 heteroatoms. The van der Waals surface area contributed by atoms with E-state index in [-0.39, 0.29) is 0 Å². The van der Waals surface area contributed by atoms with Crippen LogP contribution in [0.2, 0.25) is 0 Å². The van der Waals surface area contributed by atoms with Crippen LogP contribution in [0.15, 0.2) is 28.8 Å². The monoisotopic (exact) mass is 249 g/mol. The van der Waals surface area contributed by atoms with Gasteiger partial charge in [0.25, 0.3) is 0 Å². The number of hydrogen-bond donors (Lipinski definition) is 0. The van der Waals surface area contributed by atoms with E-state index in [1.54, 1.807) is 14.2 Å². The fourth-order valence-corrected chi connectivity index (χ4v) is 1.65. The molecule has 1 aromatic carbocycles. The molecule has 0 saturated carbocycles. The Balaban J connectivity index is 2.47. The molecule has 0 fully saturated rings. The van der Waals surface area contributed by atoms with Gasteiger partial charge in [0.2, 0.25) is 5.89 Å². The van der Waals surface area contributed by atoms with Crippen molar-refractivity contribution in [2.24, 2.45) is 0 Å². The molecule has 1 aromatic heterocycles. The van der Waals surface area contributed by atoms with Crippen LogP contribution in [0, 0.1) is 0 Å². The van der Waals surface area contributed by atoms with Crippen molar-refractivity contribution in [1.29, 1.82) is 0 Å². The third-order valence-corrected chi connectivity index (χ3v) is 2.41. The zero-order valence-electron chi connectivity index (χ0n) is 10.6. The molecule has 0 aliphatic heterocycles. The molecular weight excluding hydrogens is 234 g/mol. The van der Waals surface area contributed by atoms with E-state index in [1.807, 2.05) is 25.1 Å². The van der Waals surface area contributed by atoms with Crippen molar-refractivity contribution in [3.05, 3.63) is 24.4 Å². The molecule has 18 heavy (non-hydrogen) atoms. The molecule has 0 N–H and O–H groups in total. The number of methoxy groups -OCH3 is 2. The van der Waals surface area contributed by atoms with E-state index >= 15 is 0 Å². The van der Waals surface area contributed by atoms with E-state index < -0.39 is 0 Å². The number of benzene rings is 1. The van der Waals surface area contributed by atoms with Gasteiger partial charge in [-0.15, -0.1) is 0 Å². The smallest absolute Gasteiger partial charge is 0.305 e. The Hall–Kier alpha value is -2.17. The van der Waals surface area contributed by atoms with Crippen LogP contribution in [-0.4, -0.2) is 25.8 Å². The van der Waals surface area contributed by atoms with E-state index in [0.29, 0.717) is 35.5 Å². The van der Waals surface area contributed by atoms with Crippen LogP contribution in [-0.2, 0) is 0 Å². The van der Waals surface area contributed by atoms with Gasteiger partial charge in [0.1, 0.15) is 23.3 Å². The van der Waals surface area contributed by atoms with Crippen LogP contribution in [0.4, 0.5) is 0 Å². The van der Waals surface area contributed by atoms with Crippen molar-refractivity contribution >= 4 is 0 Å². The topological polar surface area (TPSA) is 53.7 Å². The molecule has 0 radical (unpaired) electrons. The molecular formula is C13H15NO4. The largest absolute Gasteiger partial charge is 0.496 e. The van der Waals surface area contributed by atoms with E-state index in [0.717, 1.165) is 0 Å². The molecule has 0 atom stereocenters. The van der Waals surface area contributed by atoms with Crippen molar-refractivity contribution in [3.8, 4) is 28.9 Å². The van der Waals surface area contributed by atoms with Gasteiger partial charge in [0, 0.05) is 0 Å². The van der Waals surface area contributed by atoms with Crippen LogP contribution in [0.3, 0.4) is 0 Å². The fourth-order valence-electron chi connectivity index (χ4n) is 1.65. The predicted octanol–water partition coefficient (Wildman–Crippen LogP) is 2.76. The van der Waals surface area contributed by atoms with Gasteiger partial charge < -0.3 is 18.6 Å². The third-order valence-electron chi connectivity index (χ3n) is 2.41. The molecule has 0 unspecified atom stereocenters. The molecule has 2 aromatic rings. The Bertz CT molecular complexity index is 499. The summed E-state index contributed by atoms with van der Waals surface area (Å²) in [5.41, 5.74) is 0.674. The van der Waals surface area contributed by atoms with Gasteiger partial charge >= 0.3 is 5.95 Å². The van der Waals surface area contributed by atoms with Crippen LogP contribution in [0.1, 0.15) is 6.92 Å². The lowest BCUT2D eigenvalue weighted by molar-refractivity contribution is 0.260. The summed E-state index contributed by atoms with van der Waals surface area (Å²) in [5.74, 6) is 2.06. The second kappa shape index (κ2) is 5.44. The lowest BCUT2D eigenvalue weighted by Crippen LogP contribution is -1.92. The average molecular weight is 249 g/mol. The van der Waals surface area contributed by atoms with Gasteiger partial charge in [-0.3, -0.25) is 0 Å². The minimum Gasteiger partial charge on any atom is -0.496 e. The van der Waals surface area contributed by atoms with Gasteiger partial charge in [0.05, 0.1) is 20.8 Å². The first kappa shape index (κ1) is 12.3. The molecule has 0 aliphatic carbocycles. The van der Waals surface area contributed by atoms with Crippen molar-refractivity contribution < 1.29 is 18.6 Å². The lowest BCUT2D eigenvalue weighted by atomic mass is 10.1. The fraction of sp³-hybridized carbons (Fsp3) is 0.308. The maximum Gasteiger partial charge on any atom is 0.305 e. The Labute approximate surface area is 105 Å². The SMILES string of the molecule is CCOc1cnc(-c2c(OC)cccc2OC)o1. The zero-order valence-corrected chi connectivity index (χ0v) is 10.6. The minimum atomic E-state index is 0.375. The zero-order chi connectivity index (χ0) is 13.0. The molecule has 96 valence electrons. The maximum atomic E-state index is 5.50. The van der Waals surface area contributed by atoms with Crippen molar-refractivity contribution in [3.63, 3.8) is 0 Å². The highest BCUT2D eigenvalue weighted by molar-refractivity contribution is 5.70. The second-order valence-corrected chi connectivity index (χ2v) is 3.45. The Morgan fingerprint density at radius 1 is 1.17 bits per heavy atom. The van der Waals surface area contributed by atoms with Gasteiger partial charge in [0.15, 0.2) is 0 Å². The highest BCUT2D eigenvalue weighted by atomic mass is 16.6. The normalized spacial score (nSPS) is 10.2. The third kappa shape index (κ3) is 2.25. The maximum absolute atomic E-state index is 5.50. The molecule has 0 aliphatic rings. The Kier molecular flexibility index (Phi) is 3.72. The number of nitrogens with zero attached hydrogens (tertiary/aromatic N) is 1. The summed E-state index contributed by atoms with van der Waals surface area (Å²) < 4.78 is 21.3. The van der Waals surface area contributed by atoms with E-state index in [1.165, 1.54) is 6.20 Å². The summed E-state index contributed by atoms with van der Waals surface area (Å²) in [6.07, 6.45) is 1.53. The summed E-state index contributed by atoms with van der Waals surface area (Å²) in [6.45, 7) is 2.41. The summed E-state index contributed by atoms with van der Waals surface area (Å²) in [5, 5.41) is 0. The molecule has 0 spiro atoms. The number of aromatic nitrogens is 1. The summed E-state index contributed by atoms with van der Waals surface area (Å²) in [4.78, 5) is 4.17. The average Bonchev–Trinajstić information content (AvgIpc) is 2.86. The van der Waals surface area contributed by atoms with Crippen molar-refractivity contribution in [1.82, 2.24) is 4.98 Å². The molecule has 5 nitrogen and oxygen atoms in total. The number of hydrogen-bond acceptors (Lipinski definition) is 5. The van der Waals surface area contributed by atoms with Gasteiger partial charge in [-0.25, -0.2) is 4.98 Å². The van der Waals surface area contributed by atoms with Gasteiger partial charge in [-0.05, 0) is 19.1 Å². The predicted molar refractivity (Wildman–Crippen MR) is 66.2 cm³/mol. The van der Waals surface area contributed by atoms with Gasteiger partial charge in [-0.1, -0.05) is 6.07 Å². The lowest BCUT2D eigenvalue weighted by Gasteiger charge is -2.09. The van der Waals surface area contributed by atoms with Crippen molar-refractivity contribution in [2.45, 2.75) is 6.92 Å². The number of ether oxygens (including phenoxy) is 3. The Morgan fingerprint density at radius 2 is 1.83 bits per heavy atom. The van der Waals surface area contributed by atoms with Crippen LogP contribution >= 0.6 is 0 Å². The second-order valence-electron chi connectivity index (χ2n) is 3.45. The first-order valence-electron chi connectivity index (χ1n) is 5.60. The molecule has 2 rings (SSSR count). The summed E-state index contributed by atoms with van der Waals surface area (Å²) in [7, 11) is 3.18. The highest BCUT2D eigenvalue weighted by Crippen LogP contribution is 2.38. The number of oxazole rings is 1. The quantitative estimate of drug-likeness (QED) is 0.815. The molecule has 0 bridgehead atoms. The molecule has 0 amide bonds. The minimum absolute atomic E-state index is 0.375. The number of rotatable bonds is 5. The summed E-state index contributed by atoms with van der Waals surface area (Å²) in [6, 6.07) is 5.48. The van der Waals surface area contributed by atoms with E-state index in [2.05, 4.69) is 4.98 Å². The van der Waals surface area contributed by atoms with E-state index in [4.69, 9.17) is 18.6 Å². The van der Waals surface area contributed by atoms with Crippen LogP contribution in [0.25, 0.3) is 11.5 Å². The van der Waals surface area contributed by atoms with Crippen LogP contribution < -0.4 is 14.2 Å². The van der Waals surface area contributed by atoms with Gasteiger partial charge in [-0.2, -0.15) is 0 Å². The molecule has 0 saturated heterocycles. The first-order chi connectivity index (χ1) is 8.80. The summed E-state index contributed by atoms with van der Waals surface area (Å²) >= 11 is 0.